The molecule has 2 atom stereocenters. The number of hydrogen-bond acceptors (Lipinski definition) is 3. The zero-order valence-electron chi connectivity index (χ0n) is 10.1. The van der Waals surface area contributed by atoms with Gasteiger partial charge in [-0.25, -0.2) is 21.9 Å². The van der Waals surface area contributed by atoms with Crippen molar-refractivity contribution in [2.45, 2.75) is 42.7 Å². The molecule has 19 heavy (non-hydrogen) atoms. The summed E-state index contributed by atoms with van der Waals surface area (Å²) in [6.45, 7) is 0. The van der Waals surface area contributed by atoms with Crippen LogP contribution in [0.25, 0.3) is 0 Å². The van der Waals surface area contributed by atoms with Crippen molar-refractivity contribution in [3.63, 3.8) is 0 Å². The molecule has 1 fully saturated rings. The number of aliphatic hydroxyl groups excluding tert-OH is 1. The van der Waals surface area contributed by atoms with E-state index in [1.807, 2.05) is 0 Å². The molecule has 0 radical (unpaired) electrons. The summed E-state index contributed by atoms with van der Waals surface area (Å²) in [6.07, 6.45) is 1.52. The van der Waals surface area contributed by atoms with Crippen molar-refractivity contribution < 1.29 is 22.3 Å². The number of benzene rings is 1. The van der Waals surface area contributed by atoms with Crippen molar-refractivity contribution in [2.75, 3.05) is 0 Å². The van der Waals surface area contributed by atoms with Gasteiger partial charge in [0.2, 0.25) is 10.0 Å². The molecule has 2 rings (SSSR count). The van der Waals surface area contributed by atoms with Crippen LogP contribution < -0.4 is 4.72 Å². The average Bonchev–Trinajstić information content (AvgIpc) is 2.27. The van der Waals surface area contributed by atoms with Gasteiger partial charge in [-0.1, -0.05) is 6.07 Å². The minimum Gasteiger partial charge on any atom is -0.393 e. The summed E-state index contributed by atoms with van der Waals surface area (Å²) in [6, 6.07) is 2.40. The second-order valence-corrected chi connectivity index (χ2v) is 6.34. The first-order valence-electron chi connectivity index (χ1n) is 6.04. The molecule has 1 aliphatic rings. The number of nitrogens with one attached hydrogen (secondary N) is 1. The van der Waals surface area contributed by atoms with Crippen LogP contribution in [-0.2, 0) is 10.0 Å². The van der Waals surface area contributed by atoms with Gasteiger partial charge in [0.25, 0.3) is 0 Å². The summed E-state index contributed by atoms with van der Waals surface area (Å²) in [7, 11) is -4.26. The Labute approximate surface area is 110 Å². The van der Waals surface area contributed by atoms with E-state index in [4.69, 9.17) is 0 Å². The zero-order valence-corrected chi connectivity index (χ0v) is 11.0. The molecule has 0 heterocycles. The first-order chi connectivity index (χ1) is 8.90. The van der Waals surface area contributed by atoms with Crippen LogP contribution in [0.2, 0.25) is 0 Å². The molecular formula is C12H15F2NO3S. The van der Waals surface area contributed by atoms with Gasteiger partial charge in [-0.15, -0.1) is 0 Å². The number of aliphatic hydroxyl groups is 1. The molecule has 0 bridgehead atoms. The van der Waals surface area contributed by atoms with Crippen LogP contribution in [0.15, 0.2) is 23.1 Å². The monoisotopic (exact) mass is 291 g/mol. The summed E-state index contributed by atoms with van der Waals surface area (Å²) in [5.41, 5.74) is 0. The lowest BCUT2D eigenvalue weighted by atomic mass is 9.94. The molecule has 1 aliphatic carbocycles. The summed E-state index contributed by atoms with van der Waals surface area (Å²) in [5.74, 6) is -2.24. The van der Waals surface area contributed by atoms with E-state index in [-0.39, 0.29) is 6.42 Å². The number of sulfonamides is 1. The largest absolute Gasteiger partial charge is 0.393 e. The maximum Gasteiger partial charge on any atom is 0.246 e. The highest BCUT2D eigenvalue weighted by atomic mass is 32.2. The van der Waals surface area contributed by atoms with E-state index in [0.29, 0.717) is 19.3 Å². The van der Waals surface area contributed by atoms with Crippen LogP contribution in [-0.4, -0.2) is 25.7 Å². The second-order valence-electron chi connectivity index (χ2n) is 4.69. The lowest BCUT2D eigenvalue weighted by Crippen LogP contribution is -2.40. The summed E-state index contributed by atoms with van der Waals surface area (Å²) in [5, 5.41) is 9.47. The Hall–Kier alpha value is -1.05. The Bertz CT molecular complexity index is 542. The van der Waals surface area contributed by atoms with Crippen LogP contribution in [0, 0.1) is 11.6 Å². The van der Waals surface area contributed by atoms with E-state index >= 15 is 0 Å². The van der Waals surface area contributed by atoms with E-state index in [9.17, 15) is 22.3 Å². The highest BCUT2D eigenvalue weighted by molar-refractivity contribution is 7.89. The van der Waals surface area contributed by atoms with Gasteiger partial charge in [-0.3, -0.25) is 0 Å². The third-order valence-corrected chi connectivity index (χ3v) is 4.73. The molecule has 0 aliphatic heterocycles. The van der Waals surface area contributed by atoms with Crippen molar-refractivity contribution in [1.29, 1.82) is 0 Å². The molecule has 0 amide bonds. The van der Waals surface area contributed by atoms with Gasteiger partial charge in [0.1, 0.15) is 11.6 Å². The number of halogens is 2. The minimum atomic E-state index is -4.26. The maximum atomic E-state index is 13.5. The molecule has 2 N–H and O–H groups in total. The fourth-order valence-corrected chi connectivity index (χ4v) is 3.71. The smallest absolute Gasteiger partial charge is 0.246 e. The van der Waals surface area contributed by atoms with E-state index in [0.717, 1.165) is 18.2 Å². The quantitative estimate of drug-likeness (QED) is 0.888. The van der Waals surface area contributed by atoms with Gasteiger partial charge in [-0.05, 0) is 37.8 Å². The van der Waals surface area contributed by atoms with Crippen molar-refractivity contribution in [3.8, 4) is 0 Å². The first-order valence-corrected chi connectivity index (χ1v) is 7.53. The molecule has 0 aromatic heterocycles. The van der Waals surface area contributed by atoms with Crippen LogP contribution in [0.5, 0.6) is 0 Å². The van der Waals surface area contributed by atoms with Gasteiger partial charge >= 0.3 is 0 Å². The Kier molecular flexibility index (Phi) is 4.17. The Balaban J connectivity index is 2.23. The number of hydrogen-bond donors (Lipinski definition) is 2. The predicted octanol–water partition coefficient (Wildman–Crippen LogP) is 1.55. The topological polar surface area (TPSA) is 66.4 Å². The molecule has 4 nitrogen and oxygen atoms in total. The lowest BCUT2D eigenvalue weighted by Gasteiger charge is -2.26. The summed E-state index contributed by atoms with van der Waals surface area (Å²) >= 11 is 0. The third kappa shape index (κ3) is 3.29. The molecule has 0 saturated heterocycles. The van der Waals surface area contributed by atoms with Crippen LogP contribution in [0.4, 0.5) is 8.78 Å². The van der Waals surface area contributed by atoms with E-state index < -0.39 is 38.7 Å². The summed E-state index contributed by atoms with van der Waals surface area (Å²) in [4.78, 5) is -0.963. The maximum absolute atomic E-state index is 13.5. The minimum absolute atomic E-state index is 0.259. The molecule has 1 aromatic carbocycles. The molecule has 106 valence electrons. The predicted molar refractivity (Wildman–Crippen MR) is 64.9 cm³/mol. The van der Waals surface area contributed by atoms with Crippen LogP contribution in [0.1, 0.15) is 25.7 Å². The van der Waals surface area contributed by atoms with Gasteiger partial charge in [0, 0.05) is 6.04 Å². The Morgan fingerprint density at radius 3 is 2.42 bits per heavy atom. The van der Waals surface area contributed by atoms with E-state index in [1.54, 1.807) is 0 Å². The van der Waals surface area contributed by atoms with E-state index in [2.05, 4.69) is 4.72 Å². The van der Waals surface area contributed by atoms with Gasteiger partial charge in [-0.2, -0.15) is 0 Å². The van der Waals surface area contributed by atoms with Gasteiger partial charge in [0.15, 0.2) is 4.90 Å². The normalized spacial score (nSPS) is 24.4. The average molecular weight is 291 g/mol. The zero-order chi connectivity index (χ0) is 14.0. The van der Waals surface area contributed by atoms with E-state index in [1.165, 1.54) is 0 Å². The third-order valence-electron chi connectivity index (χ3n) is 3.16. The standard InChI is InChI=1S/C12H15F2NO3S/c13-10-5-2-6-11(14)12(10)19(17,18)15-8-3-1-4-9(16)7-8/h2,5-6,8-9,15-16H,1,3-4,7H2/t8-,9+/m1/s1. The number of rotatable bonds is 3. The molecule has 1 aromatic rings. The van der Waals surface area contributed by atoms with Crippen molar-refractivity contribution in [1.82, 2.24) is 4.72 Å². The first kappa shape index (κ1) is 14.4. The summed E-state index contributed by atoms with van der Waals surface area (Å²) < 4.78 is 53.1. The second kappa shape index (κ2) is 5.52. The molecule has 0 spiro atoms. The molecule has 1 saturated carbocycles. The molecule has 0 unspecified atom stereocenters. The van der Waals surface area contributed by atoms with Crippen molar-refractivity contribution >= 4 is 10.0 Å². The van der Waals surface area contributed by atoms with Crippen molar-refractivity contribution in [3.05, 3.63) is 29.8 Å². The Morgan fingerprint density at radius 2 is 1.84 bits per heavy atom. The SMILES string of the molecule is O=S(=O)(N[C@@H]1CCC[C@H](O)C1)c1c(F)cccc1F. The van der Waals surface area contributed by atoms with Crippen molar-refractivity contribution in [2.24, 2.45) is 0 Å². The highest BCUT2D eigenvalue weighted by Crippen LogP contribution is 2.23. The highest BCUT2D eigenvalue weighted by Gasteiger charge is 2.29. The van der Waals surface area contributed by atoms with Gasteiger partial charge in [0.05, 0.1) is 6.10 Å². The fraction of sp³-hybridized carbons (Fsp3) is 0.500. The lowest BCUT2D eigenvalue weighted by molar-refractivity contribution is 0.117. The van der Waals surface area contributed by atoms with Crippen LogP contribution >= 0.6 is 0 Å². The van der Waals surface area contributed by atoms with Crippen LogP contribution in [0.3, 0.4) is 0 Å². The Morgan fingerprint density at radius 1 is 1.21 bits per heavy atom. The fourth-order valence-electron chi connectivity index (χ4n) is 2.29. The van der Waals surface area contributed by atoms with Gasteiger partial charge < -0.3 is 5.11 Å². The molecule has 7 heteroatoms. The molecular weight excluding hydrogens is 276 g/mol.